The fourth-order valence-corrected chi connectivity index (χ4v) is 0.943. The van der Waals surface area contributed by atoms with Crippen LogP contribution in [-0.2, 0) is 0 Å². The van der Waals surface area contributed by atoms with Gasteiger partial charge in [0.15, 0.2) is 11.5 Å². The normalized spacial score (nSPS) is 8.58. The molecule has 68 valence electrons. The van der Waals surface area contributed by atoms with Gasteiger partial charge in [0.2, 0.25) is 0 Å². The second-order valence-electron chi connectivity index (χ2n) is 2.36. The molecule has 0 spiro atoms. The maximum Gasteiger partial charge on any atom is 0.160 e. The van der Waals surface area contributed by atoms with Crippen LogP contribution >= 0.6 is 0 Å². The molecule has 12 heavy (non-hydrogen) atoms. The van der Waals surface area contributed by atoms with E-state index in [9.17, 15) is 0 Å². The lowest BCUT2D eigenvalue weighted by molar-refractivity contribution is 0.354. The molecule has 3 heteroatoms. The third-order valence-corrected chi connectivity index (χ3v) is 1.54. The molecule has 1 rings (SSSR count). The number of rotatable bonds is 2. The van der Waals surface area contributed by atoms with Gasteiger partial charge in [-0.15, -0.1) is 0 Å². The molecule has 0 unspecified atom stereocenters. The van der Waals surface area contributed by atoms with Crippen molar-refractivity contribution in [3.8, 4) is 11.5 Å². The quantitative estimate of drug-likeness (QED) is 0.738. The van der Waals surface area contributed by atoms with Crippen LogP contribution in [-0.4, -0.2) is 14.2 Å². The monoisotopic (exact) mass is 169 g/mol. The molecule has 0 bridgehead atoms. The van der Waals surface area contributed by atoms with Gasteiger partial charge in [-0.05, 0) is 24.6 Å². The van der Waals surface area contributed by atoms with E-state index in [4.69, 9.17) is 9.47 Å². The molecule has 0 atom stereocenters. The van der Waals surface area contributed by atoms with Crippen LogP contribution in [0.3, 0.4) is 0 Å². The number of hydrogen-bond acceptors (Lipinski definition) is 3. The van der Waals surface area contributed by atoms with Crippen LogP contribution in [0.1, 0.15) is 5.56 Å². The number of ether oxygens (including phenoxy) is 2. The molecule has 0 aliphatic rings. The van der Waals surface area contributed by atoms with E-state index >= 15 is 0 Å². The molecule has 0 amide bonds. The highest BCUT2D eigenvalue weighted by atomic mass is 16.5. The molecule has 0 aliphatic carbocycles. The number of aryl methyl sites for hydroxylation is 1. The predicted octanol–water partition coefficient (Wildman–Crippen LogP) is 2.17. The summed E-state index contributed by atoms with van der Waals surface area (Å²) in [6.45, 7) is 2.02. The Bertz CT molecular complexity index is 248. The maximum atomic E-state index is 5.09. The van der Waals surface area contributed by atoms with Gasteiger partial charge in [0.1, 0.15) is 0 Å². The van der Waals surface area contributed by atoms with E-state index in [0.717, 1.165) is 11.5 Å². The van der Waals surface area contributed by atoms with E-state index < -0.39 is 0 Å². The average molecular weight is 169 g/mol. The number of hydrogen-bond donors (Lipinski definition) is 1. The molecule has 0 heterocycles. The Balaban J connectivity index is 0.00000121. The Morgan fingerprint density at radius 2 is 1.58 bits per heavy atom. The fraction of sp³-hybridized carbons (Fsp3) is 0.333. The van der Waals surface area contributed by atoms with Crippen LogP contribution in [0, 0.1) is 6.92 Å². The summed E-state index contributed by atoms with van der Waals surface area (Å²) < 4.78 is 10.2. The zero-order chi connectivity index (χ0) is 8.27. The Morgan fingerprint density at radius 3 is 2.08 bits per heavy atom. The van der Waals surface area contributed by atoms with E-state index in [1.165, 1.54) is 5.56 Å². The highest BCUT2D eigenvalue weighted by Crippen LogP contribution is 2.26. The van der Waals surface area contributed by atoms with Gasteiger partial charge in [0.25, 0.3) is 0 Å². The standard InChI is InChI=1S/C9H12O2.H3N/c1-7-4-5-8(10-2)9(6-7)11-3;/h4-6H,1-3H3;1H3. The molecule has 0 aliphatic heterocycles. The Labute approximate surface area is 72.9 Å². The number of benzene rings is 1. The summed E-state index contributed by atoms with van der Waals surface area (Å²) >= 11 is 0. The van der Waals surface area contributed by atoms with E-state index in [2.05, 4.69) is 0 Å². The van der Waals surface area contributed by atoms with Crippen molar-refractivity contribution in [1.29, 1.82) is 0 Å². The van der Waals surface area contributed by atoms with Crippen LogP contribution in [0.15, 0.2) is 18.2 Å². The van der Waals surface area contributed by atoms with Crippen molar-refractivity contribution in [1.82, 2.24) is 6.15 Å². The minimum absolute atomic E-state index is 0. The highest BCUT2D eigenvalue weighted by molar-refractivity contribution is 5.42. The van der Waals surface area contributed by atoms with Crippen molar-refractivity contribution in [3.05, 3.63) is 23.8 Å². The van der Waals surface area contributed by atoms with Gasteiger partial charge >= 0.3 is 0 Å². The van der Waals surface area contributed by atoms with E-state index in [0.29, 0.717) is 0 Å². The zero-order valence-corrected chi connectivity index (χ0v) is 7.76. The summed E-state index contributed by atoms with van der Waals surface area (Å²) in [5, 5.41) is 0. The van der Waals surface area contributed by atoms with Crippen LogP contribution in [0.25, 0.3) is 0 Å². The van der Waals surface area contributed by atoms with Gasteiger partial charge in [0.05, 0.1) is 14.2 Å². The summed E-state index contributed by atoms with van der Waals surface area (Å²) in [6, 6.07) is 5.83. The Morgan fingerprint density at radius 1 is 1.00 bits per heavy atom. The van der Waals surface area contributed by atoms with Crippen molar-refractivity contribution in [2.75, 3.05) is 14.2 Å². The molecule has 1 aromatic carbocycles. The van der Waals surface area contributed by atoms with E-state index in [1.807, 2.05) is 25.1 Å². The minimum Gasteiger partial charge on any atom is -0.493 e. The molecular weight excluding hydrogens is 154 g/mol. The molecule has 0 fully saturated rings. The van der Waals surface area contributed by atoms with Crippen molar-refractivity contribution >= 4 is 0 Å². The molecule has 3 N–H and O–H groups in total. The lowest BCUT2D eigenvalue weighted by Gasteiger charge is -2.06. The molecular formula is C9H15NO2. The second-order valence-corrected chi connectivity index (χ2v) is 2.36. The smallest absolute Gasteiger partial charge is 0.160 e. The first-order chi connectivity index (χ1) is 5.27. The summed E-state index contributed by atoms with van der Waals surface area (Å²) in [7, 11) is 3.27. The largest absolute Gasteiger partial charge is 0.493 e. The van der Waals surface area contributed by atoms with Gasteiger partial charge in [-0.1, -0.05) is 6.07 Å². The van der Waals surface area contributed by atoms with E-state index in [-0.39, 0.29) is 6.15 Å². The van der Waals surface area contributed by atoms with Crippen LogP contribution in [0.5, 0.6) is 11.5 Å². The van der Waals surface area contributed by atoms with E-state index in [1.54, 1.807) is 14.2 Å². The van der Waals surface area contributed by atoms with Crippen LogP contribution in [0.4, 0.5) is 0 Å². The van der Waals surface area contributed by atoms with Crippen molar-refractivity contribution in [2.45, 2.75) is 6.92 Å². The first-order valence-electron chi connectivity index (χ1n) is 3.46. The molecule has 1 aromatic rings. The van der Waals surface area contributed by atoms with Gasteiger partial charge < -0.3 is 15.6 Å². The number of methoxy groups -OCH3 is 2. The van der Waals surface area contributed by atoms with Crippen molar-refractivity contribution in [3.63, 3.8) is 0 Å². The zero-order valence-electron chi connectivity index (χ0n) is 7.76. The Hall–Kier alpha value is -1.22. The SMILES string of the molecule is COc1ccc(C)cc1OC.N. The predicted molar refractivity (Wildman–Crippen MR) is 49.3 cm³/mol. The minimum atomic E-state index is 0. The maximum absolute atomic E-state index is 5.09. The first kappa shape index (κ1) is 10.8. The Kier molecular flexibility index (Phi) is 4.15. The third kappa shape index (κ3) is 2.13. The van der Waals surface area contributed by atoms with Crippen molar-refractivity contribution < 1.29 is 9.47 Å². The van der Waals surface area contributed by atoms with Crippen molar-refractivity contribution in [2.24, 2.45) is 0 Å². The lowest BCUT2D eigenvalue weighted by Crippen LogP contribution is -1.90. The topological polar surface area (TPSA) is 53.5 Å². The van der Waals surface area contributed by atoms with Crippen LogP contribution in [0.2, 0.25) is 0 Å². The van der Waals surface area contributed by atoms with Gasteiger partial charge in [-0.25, -0.2) is 0 Å². The molecule has 0 saturated carbocycles. The lowest BCUT2D eigenvalue weighted by atomic mass is 10.2. The van der Waals surface area contributed by atoms with Gasteiger partial charge in [-0.2, -0.15) is 0 Å². The van der Waals surface area contributed by atoms with Crippen LogP contribution < -0.4 is 15.6 Å². The summed E-state index contributed by atoms with van der Waals surface area (Å²) in [5.74, 6) is 1.56. The second kappa shape index (κ2) is 4.62. The summed E-state index contributed by atoms with van der Waals surface area (Å²) in [6.07, 6.45) is 0. The van der Waals surface area contributed by atoms with Gasteiger partial charge in [-0.3, -0.25) is 0 Å². The molecule has 0 aromatic heterocycles. The summed E-state index contributed by atoms with van der Waals surface area (Å²) in [5.41, 5.74) is 1.17. The molecule has 3 nitrogen and oxygen atoms in total. The molecule has 0 radical (unpaired) electrons. The third-order valence-electron chi connectivity index (χ3n) is 1.54. The average Bonchev–Trinajstić information content (AvgIpc) is 2.04. The molecule has 0 saturated heterocycles. The highest BCUT2D eigenvalue weighted by Gasteiger charge is 2.00. The fourth-order valence-electron chi connectivity index (χ4n) is 0.943. The first-order valence-corrected chi connectivity index (χ1v) is 3.46. The summed E-state index contributed by atoms with van der Waals surface area (Å²) in [4.78, 5) is 0. The van der Waals surface area contributed by atoms with Gasteiger partial charge in [0, 0.05) is 0 Å².